The van der Waals surface area contributed by atoms with Crippen LogP contribution in [0.3, 0.4) is 0 Å². The van der Waals surface area contributed by atoms with Crippen LogP contribution in [0, 0.1) is 0 Å². The van der Waals surface area contributed by atoms with Crippen LogP contribution in [0.4, 0.5) is 0 Å². The molecule has 0 aliphatic heterocycles. The Morgan fingerprint density at radius 2 is 1.95 bits per heavy atom. The van der Waals surface area contributed by atoms with Crippen molar-refractivity contribution in [3.8, 4) is 5.75 Å². The zero-order valence-corrected chi connectivity index (χ0v) is 12.1. The summed E-state index contributed by atoms with van der Waals surface area (Å²) in [4.78, 5) is 22.7. The standard InChI is InChI=1S/C14H19N3O4/c1-3-21-12-6-4-11(5-7-12)10-16-17-14(19)13(18)15-8-9-20-2/h4-7,10H,3,8-9H2,1-2H3,(H,15,18)(H,17,19)/b16-10-. The molecule has 0 bridgehead atoms. The number of nitrogens with zero attached hydrogens (tertiary/aromatic N) is 1. The Labute approximate surface area is 123 Å². The van der Waals surface area contributed by atoms with Gasteiger partial charge >= 0.3 is 11.8 Å². The van der Waals surface area contributed by atoms with Crippen molar-refractivity contribution >= 4 is 18.0 Å². The average Bonchev–Trinajstić information content (AvgIpc) is 2.49. The molecule has 0 spiro atoms. The molecule has 0 aromatic heterocycles. The van der Waals surface area contributed by atoms with Crippen LogP contribution in [-0.2, 0) is 14.3 Å². The van der Waals surface area contributed by atoms with Crippen LogP contribution in [0.2, 0.25) is 0 Å². The van der Waals surface area contributed by atoms with E-state index in [9.17, 15) is 9.59 Å². The number of benzene rings is 1. The first kappa shape index (κ1) is 16.6. The van der Waals surface area contributed by atoms with Gasteiger partial charge in [0.2, 0.25) is 0 Å². The Hall–Kier alpha value is -2.41. The normalized spacial score (nSPS) is 10.4. The van der Waals surface area contributed by atoms with E-state index in [1.165, 1.54) is 13.3 Å². The number of hydrazone groups is 1. The molecular weight excluding hydrogens is 274 g/mol. The van der Waals surface area contributed by atoms with Gasteiger partial charge in [-0.2, -0.15) is 5.10 Å². The summed E-state index contributed by atoms with van der Waals surface area (Å²) in [5, 5.41) is 6.10. The van der Waals surface area contributed by atoms with Gasteiger partial charge in [-0.25, -0.2) is 5.43 Å². The molecule has 0 heterocycles. The van der Waals surface area contributed by atoms with Gasteiger partial charge in [-0.15, -0.1) is 0 Å². The second kappa shape index (κ2) is 9.49. The lowest BCUT2D eigenvalue weighted by Crippen LogP contribution is -2.39. The molecule has 2 N–H and O–H groups in total. The van der Waals surface area contributed by atoms with E-state index in [1.807, 2.05) is 6.92 Å². The highest BCUT2D eigenvalue weighted by molar-refractivity contribution is 6.35. The fourth-order valence-corrected chi connectivity index (χ4v) is 1.38. The summed E-state index contributed by atoms with van der Waals surface area (Å²) < 4.78 is 10.1. The third-order valence-electron chi connectivity index (χ3n) is 2.37. The molecule has 7 nitrogen and oxygen atoms in total. The summed E-state index contributed by atoms with van der Waals surface area (Å²) in [5.41, 5.74) is 2.92. The van der Waals surface area contributed by atoms with E-state index in [-0.39, 0.29) is 6.54 Å². The predicted molar refractivity (Wildman–Crippen MR) is 78.2 cm³/mol. The van der Waals surface area contributed by atoms with Crippen LogP contribution < -0.4 is 15.5 Å². The van der Waals surface area contributed by atoms with Gasteiger partial charge in [0.25, 0.3) is 0 Å². The van der Waals surface area contributed by atoms with E-state index in [1.54, 1.807) is 24.3 Å². The van der Waals surface area contributed by atoms with Crippen molar-refractivity contribution in [1.82, 2.24) is 10.7 Å². The van der Waals surface area contributed by atoms with Gasteiger partial charge in [-0.3, -0.25) is 9.59 Å². The van der Waals surface area contributed by atoms with Crippen molar-refractivity contribution in [2.75, 3.05) is 26.9 Å². The van der Waals surface area contributed by atoms with Crippen LogP contribution >= 0.6 is 0 Å². The van der Waals surface area contributed by atoms with Gasteiger partial charge in [0.1, 0.15) is 5.75 Å². The van der Waals surface area contributed by atoms with E-state index < -0.39 is 11.8 Å². The summed E-state index contributed by atoms with van der Waals surface area (Å²) >= 11 is 0. The number of ether oxygens (including phenoxy) is 2. The number of nitrogens with one attached hydrogen (secondary N) is 2. The molecule has 1 aromatic carbocycles. The molecule has 2 amide bonds. The predicted octanol–water partition coefficient (Wildman–Crippen LogP) is 0.298. The van der Waals surface area contributed by atoms with Gasteiger partial charge in [0.15, 0.2) is 0 Å². The highest BCUT2D eigenvalue weighted by atomic mass is 16.5. The van der Waals surface area contributed by atoms with E-state index in [4.69, 9.17) is 9.47 Å². The van der Waals surface area contributed by atoms with Crippen LogP contribution in [-0.4, -0.2) is 44.9 Å². The summed E-state index contributed by atoms with van der Waals surface area (Å²) in [5.74, 6) is -0.819. The van der Waals surface area contributed by atoms with Crippen molar-refractivity contribution in [1.29, 1.82) is 0 Å². The molecule has 114 valence electrons. The van der Waals surface area contributed by atoms with Gasteiger partial charge in [-0.1, -0.05) is 0 Å². The van der Waals surface area contributed by atoms with E-state index >= 15 is 0 Å². The summed E-state index contributed by atoms with van der Waals surface area (Å²) in [6, 6.07) is 7.17. The molecule has 0 aliphatic rings. The fraction of sp³-hybridized carbons (Fsp3) is 0.357. The number of hydrogen-bond acceptors (Lipinski definition) is 5. The maximum atomic E-state index is 11.4. The quantitative estimate of drug-likeness (QED) is 0.327. The van der Waals surface area contributed by atoms with Crippen LogP contribution in [0.5, 0.6) is 5.75 Å². The van der Waals surface area contributed by atoms with Gasteiger partial charge in [-0.05, 0) is 36.8 Å². The highest BCUT2D eigenvalue weighted by Gasteiger charge is 2.10. The first-order valence-corrected chi connectivity index (χ1v) is 6.50. The average molecular weight is 293 g/mol. The van der Waals surface area contributed by atoms with Gasteiger partial charge in [0, 0.05) is 13.7 Å². The number of hydrogen-bond donors (Lipinski definition) is 2. The Morgan fingerprint density at radius 3 is 2.57 bits per heavy atom. The van der Waals surface area contributed by atoms with Crippen molar-refractivity contribution in [2.24, 2.45) is 5.10 Å². The zero-order valence-electron chi connectivity index (χ0n) is 12.1. The highest BCUT2D eigenvalue weighted by Crippen LogP contribution is 2.10. The number of rotatable bonds is 7. The van der Waals surface area contributed by atoms with E-state index in [2.05, 4.69) is 15.8 Å². The molecule has 0 saturated heterocycles. The lowest BCUT2D eigenvalue weighted by Gasteiger charge is -2.03. The molecule has 0 fully saturated rings. The Morgan fingerprint density at radius 1 is 1.24 bits per heavy atom. The van der Waals surface area contributed by atoms with Crippen molar-refractivity contribution in [3.05, 3.63) is 29.8 Å². The van der Waals surface area contributed by atoms with Crippen LogP contribution in [0.25, 0.3) is 0 Å². The number of amides is 2. The molecule has 1 rings (SSSR count). The largest absolute Gasteiger partial charge is 0.494 e. The molecule has 21 heavy (non-hydrogen) atoms. The number of carbonyl (C=O) groups excluding carboxylic acids is 2. The minimum absolute atomic E-state index is 0.269. The van der Waals surface area contributed by atoms with Crippen molar-refractivity contribution in [2.45, 2.75) is 6.92 Å². The Bertz CT molecular complexity index is 485. The second-order valence-electron chi connectivity index (χ2n) is 3.95. The molecular formula is C14H19N3O4. The lowest BCUT2D eigenvalue weighted by molar-refractivity contribution is -0.139. The number of carbonyl (C=O) groups is 2. The molecule has 1 aromatic rings. The Balaban J connectivity index is 2.39. The topological polar surface area (TPSA) is 89.0 Å². The molecule has 0 radical (unpaired) electrons. The monoisotopic (exact) mass is 293 g/mol. The number of methoxy groups -OCH3 is 1. The summed E-state index contributed by atoms with van der Waals surface area (Å²) in [6.07, 6.45) is 1.44. The third kappa shape index (κ3) is 6.53. The third-order valence-corrected chi connectivity index (χ3v) is 2.37. The molecule has 0 aliphatic carbocycles. The SMILES string of the molecule is CCOc1ccc(/C=N\NC(=O)C(=O)NCCOC)cc1. The molecule has 0 unspecified atom stereocenters. The summed E-state index contributed by atoms with van der Waals surface area (Å²) in [7, 11) is 1.51. The first-order chi connectivity index (χ1) is 10.2. The zero-order chi connectivity index (χ0) is 15.5. The van der Waals surface area contributed by atoms with Gasteiger partial charge < -0.3 is 14.8 Å². The molecule has 0 saturated carbocycles. The Kier molecular flexibility index (Phi) is 7.52. The minimum atomic E-state index is -0.826. The lowest BCUT2D eigenvalue weighted by atomic mass is 10.2. The van der Waals surface area contributed by atoms with Crippen molar-refractivity contribution < 1.29 is 19.1 Å². The van der Waals surface area contributed by atoms with E-state index in [0.29, 0.717) is 13.2 Å². The summed E-state index contributed by atoms with van der Waals surface area (Å²) in [6.45, 7) is 3.12. The minimum Gasteiger partial charge on any atom is -0.494 e. The second-order valence-corrected chi connectivity index (χ2v) is 3.95. The van der Waals surface area contributed by atoms with Crippen LogP contribution in [0.1, 0.15) is 12.5 Å². The maximum Gasteiger partial charge on any atom is 0.329 e. The van der Waals surface area contributed by atoms with E-state index in [0.717, 1.165) is 11.3 Å². The fourth-order valence-electron chi connectivity index (χ4n) is 1.38. The smallest absolute Gasteiger partial charge is 0.329 e. The molecule has 0 atom stereocenters. The first-order valence-electron chi connectivity index (χ1n) is 6.50. The van der Waals surface area contributed by atoms with Crippen LogP contribution in [0.15, 0.2) is 29.4 Å². The molecule has 7 heteroatoms. The maximum absolute atomic E-state index is 11.4. The van der Waals surface area contributed by atoms with Gasteiger partial charge in [0.05, 0.1) is 19.4 Å². The van der Waals surface area contributed by atoms with Crippen molar-refractivity contribution in [3.63, 3.8) is 0 Å².